The first-order valence-corrected chi connectivity index (χ1v) is 12.5. The highest BCUT2D eigenvalue weighted by Crippen LogP contribution is 2.30. The number of carbonyl (C=O) groups excluding carboxylic acids is 2. The van der Waals surface area contributed by atoms with Gasteiger partial charge in [-0.2, -0.15) is 4.31 Å². The maximum absolute atomic E-state index is 12.5. The molecule has 0 aliphatic heterocycles. The van der Waals surface area contributed by atoms with Crippen LogP contribution in [-0.2, 0) is 32.6 Å². The second-order valence-electron chi connectivity index (χ2n) is 7.97. The number of rotatable bonds is 11. The molecule has 0 radical (unpaired) electrons. The van der Waals surface area contributed by atoms with Crippen LogP contribution in [0.25, 0.3) is 0 Å². The first-order chi connectivity index (χ1) is 15.3. The number of sulfonamides is 1. The lowest BCUT2D eigenvalue weighted by Crippen LogP contribution is -2.30. The molecule has 0 atom stereocenters. The van der Waals surface area contributed by atoms with Crippen molar-refractivity contribution in [3.63, 3.8) is 0 Å². The summed E-state index contributed by atoms with van der Waals surface area (Å²) in [5.41, 5.74) is 2.56. The van der Waals surface area contributed by atoms with E-state index in [1.54, 1.807) is 24.3 Å². The van der Waals surface area contributed by atoms with Gasteiger partial charge in [0.1, 0.15) is 0 Å². The molecule has 0 spiro atoms. The predicted molar refractivity (Wildman–Crippen MR) is 125 cm³/mol. The summed E-state index contributed by atoms with van der Waals surface area (Å²) < 4.78 is 26.5. The summed E-state index contributed by atoms with van der Waals surface area (Å²) in [6.07, 6.45) is 2.74. The van der Waals surface area contributed by atoms with Crippen molar-refractivity contribution in [2.24, 2.45) is 5.92 Å². The van der Waals surface area contributed by atoms with Crippen LogP contribution in [0.2, 0.25) is 0 Å². The van der Waals surface area contributed by atoms with Crippen molar-refractivity contribution in [1.82, 2.24) is 9.62 Å². The van der Waals surface area contributed by atoms with Crippen molar-refractivity contribution in [3.8, 4) is 0 Å². The number of aryl methyl sites for hydroxylation is 1. The van der Waals surface area contributed by atoms with Crippen LogP contribution >= 0.6 is 0 Å². The predicted octanol–water partition coefficient (Wildman–Crippen LogP) is 3.31. The maximum Gasteiger partial charge on any atom is 0.243 e. The Labute approximate surface area is 190 Å². The number of benzene rings is 2. The van der Waals surface area contributed by atoms with E-state index in [9.17, 15) is 18.0 Å². The third kappa shape index (κ3) is 6.40. The van der Waals surface area contributed by atoms with Crippen molar-refractivity contribution in [2.45, 2.75) is 51.0 Å². The molecule has 8 heteroatoms. The molecule has 1 aliphatic rings. The van der Waals surface area contributed by atoms with Gasteiger partial charge in [0.15, 0.2) is 0 Å². The minimum atomic E-state index is -3.47. The fourth-order valence-electron chi connectivity index (χ4n) is 3.44. The third-order valence-electron chi connectivity index (χ3n) is 5.54. The van der Waals surface area contributed by atoms with Gasteiger partial charge in [-0.15, -0.1) is 0 Å². The van der Waals surface area contributed by atoms with Gasteiger partial charge >= 0.3 is 0 Å². The highest BCUT2D eigenvalue weighted by atomic mass is 32.2. The van der Waals surface area contributed by atoms with E-state index in [4.69, 9.17) is 0 Å². The molecule has 32 heavy (non-hydrogen) atoms. The van der Waals surface area contributed by atoms with Crippen LogP contribution in [0.1, 0.15) is 44.2 Å². The Morgan fingerprint density at radius 3 is 2.31 bits per heavy atom. The second-order valence-corrected chi connectivity index (χ2v) is 9.91. The number of hydrogen-bond acceptors (Lipinski definition) is 4. The minimum Gasteiger partial charge on any atom is -0.352 e. The van der Waals surface area contributed by atoms with E-state index >= 15 is 0 Å². The molecule has 2 N–H and O–H groups in total. The lowest BCUT2D eigenvalue weighted by Gasteiger charge is -2.18. The molecule has 0 bridgehead atoms. The SMILES string of the molecule is CCN(CC)S(=O)(=O)c1ccc(CCC(=O)NCc2cccc(NC(=O)C3CC3)c2)cc1. The number of hydrogen-bond donors (Lipinski definition) is 2. The van der Waals surface area contributed by atoms with Crippen LogP contribution in [0, 0.1) is 5.92 Å². The lowest BCUT2D eigenvalue weighted by molar-refractivity contribution is -0.121. The largest absolute Gasteiger partial charge is 0.352 e. The van der Waals surface area contributed by atoms with Crippen LogP contribution in [0.5, 0.6) is 0 Å². The van der Waals surface area contributed by atoms with Gasteiger partial charge in [-0.05, 0) is 54.7 Å². The van der Waals surface area contributed by atoms with Crippen LogP contribution in [0.3, 0.4) is 0 Å². The Kier molecular flexibility index (Phi) is 8.04. The van der Waals surface area contributed by atoms with Crippen LogP contribution in [0.4, 0.5) is 5.69 Å². The zero-order valence-corrected chi connectivity index (χ0v) is 19.5. The minimum absolute atomic E-state index is 0.0575. The van der Waals surface area contributed by atoms with E-state index < -0.39 is 10.0 Å². The summed E-state index contributed by atoms with van der Waals surface area (Å²) in [7, 11) is -3.47. The number of carbonyl (C=O) groups is 2. The van der Waals surface area contributed by atoms with E-state index in [1.165, 1.54) is 4.31 Å². The maximum atomic E-state index is 12.5. The molecule has 7 nitrogen and oxygen atoms in total. The molecule has 1 fully saturated rings. The number of anilines is 1. The van der Waals surface area contributed by atoms with E-state index in [1.807, 2.05) is 38.1 Å². The van der Waals surface area contributed by atoms with E-state index in [-0.39, 0.29) is 22.6 Å². The monoisotopic (exact) mass is 457 g/mol. The molecule has 1 aliphatic carbocycles. The summed E-state index contributed by atoms with van der Waals surface area (Å²) >= 11 is 0. The molecule has 172 valence electrons. The van der Waals surface area contributed by atoms with Gasteiger partial charge in [0.05, 0.1) is 4.90 Å². The van der Waals surface area contributed by atoms with Crippen molar-refractivity contribution in [1.29, 1.82) is 0 Å². The average molecular weight is 458 g/mol. The van der Waals surface area contributed by atoms with Crippen molar-refractivity contribution in [2.75, 3.05) is 18.4 Å². The van der Waals surface area contributed by atoms with Crippen LogP contribution in [0.15, 0.2) is 53.4 Å². The molecular weight excluding hydrogens is 426 g/mol. The Hall–Kier alpha value is -2.71. The first-order valence-electron chi connectivity index (χ1n) is 11.1. The van der Waals surface area contributed by atoms with Crippen LogP contribution < -0.4 is 10.6 Å². The lowest BCUT2D eigenvalue weighted by atomic mass is 10.1. The standard InChI is InChI=1S/C24H31N3O4S/c1-3-27(4-2)32(30,31)22-13-8-18(9-14-22)10-15-23(28)25-17-19-6-5-7-21(16-19)26-24(29)20-11-12-20/h5-9,13-14,16,20H,3-4,10-12,15,17H2,1-2H3,(H,25,28)(H,26,29). The highest BCUT2D eigenvalue weighted by molar-refractivity contribution is 7.89. The van der Waals surface area contributed by atoms with E-state index in [0.717, 1.165) is 29.7 Å². The molecule has 0 aromatic heterocycles. The fourth-order valence-corrected chi connectivity index (χ4v) is 4.89. The molecule has 3 rings (SSSR count). The molecule has 0 saturated heterocycles. The number of nitrogens with one attached hydrogen (secondary N) is 2. The Balaban J connectivity index is 1.47. The zero-order chi connectivity index (χ0) is 23.1. The quantitative estimate of drug-likeness (QED) is 0.541. The highest BCUT2D eigenvalue weighted by Gasteiger charge is 2.29. The first kappa shape index (κ1) is 23.9. The average Bonchev–Trinajstić information content (AvgIpc) is 3.63. The summed E-state index contributed by atoms with van der Waals surface area (Å²) in [4.78, 5) is 24.4. The van der Waals surface area contributed by atoms with Gasteiger partial charge in [0, 0.05) is 37.7 Å². The van der Waals surface area contributed by atoms with Crippen LogP contribution in [-0.4, -0.2) is 37.6 Å². The topological polar surface area (TPSA) is 95.6 Å². The van der Waals surface area contributed by atoms with Crippen molar-refractivity contribution < 1.29 is 18.0 Å². The Morgan fingerprint density at radius 2 is 1.69 bits per heavy atom. The Bertz CT molecular complexity index is 1040. The molecule has 2 aromatic carbocycles. The molecule has 2 aromatic rings. The molecule has 0 heterocycles. The van der Waals surface area contributed by atoms with E-state index in [2.05, 4.69) is 10.6 Å². The smallest absolute Gasteiger partial charge is 0.243 e. The molecule has 1 saturated carbocycles. The summed E-state index contributed by atoms with van der Waals surface area (Å²) in [6, 6.07) is 14.2. The Morgan fingerprint density at radius 1 is 1.00 bits per heavy atom. The van der Waals surface area contributed by atoms with Gasteiger partial charge in [-0.1, -0.05) is 38.1 Å². The summed E-state index contributed by atoms with van der Waals surface area (Å²) in [6.45, 7) is 4.86. The molecule has 0 unspecified atom stereocenters. The van der Waals surface area contributed by atoms with Gasteiger partial charge in [-0.3, -0.25) is 9.59 Å². The molecular formula is C24H31N3O4S. The van der Waals surface area contributed by atoms with Gasteiger partial charge < -0.3 is 10.6 Å². The third-order valence-corrected chi connectivity index (χ3v) is 7.60. The fraction of sp³-hybridized carbons (Fsp3) is 0.417. The van der Waals surface area contributed by atoms with Gasteiger partial charge in [0.25, 0.3) is 0 Å². The van der Waals surface area contributed by atoms with E-state index in [0.29, 0.717) is 32.5 Å². The number of amides is 2. The van der Waals surface area contributed by atoms with Crippen molar-refractivity contribution >= 4 is 27.5 Å². The van der Waals surface area contributed by atoms with Gasteiger partial charge in [-0.25, -0.2) is 8.42 Å². The summed E-state index contributed by atoms with van der Waals surface area (Å²) in [5, 5.41) is 5.81. The zero-order valence-electron chi connectivity index (χ0n) is 18.6. The molecule has 2 amide bonds. The summed E-state index contributed by atoms with van der Waals surface area (Å²) in [5.74, 6) is 0.115. The normalized spacial score (nSPS) is 13.7. The number of nitrogens with zero attached hydrogens (tertiary/aromatic N) is 1. The van der Waals surface area contributed by atoms with Crippen molar-refractivity contribution in [3.05, 3.63) is 59.7 Å². The van der Waals surface area contributed by atoms with Gasteiger partial charge in [0.2, 0.25) is 21.8 Å². The second kappa shape index (κ2) is 10.7.